The molecule has 1 aliphatic rings. The number of aromatic nitrogens is 1. The summed E-state index contributed by atoms with van der Waals surface area (Å²) in [6.07, 6.45) is 0. The fourth-order valence-electron chi connectivity index (χ4n) is 3.86. The van der Waals surface area contributed by atoms with Crippen molar-refractivity contribution in [2.45, 2.75) is 30.2 Å². The molecule has 0 radical (unpaired) electrons. The molecule has 8 heteroatoms. The molecule has 0 atom stereocenters. The van der Waals surface area contributed by atoms with E-state index in [1.807, 2.05) is 55.5 Å². The van der Waals surface area contributed by atoms with Gasteiger partial charge >= 0.3 is 5.97 Å². The number of anilines is 2. The standard InChI is InChI=1S/C27H22N2O5S/c1-17-20(18(2)34-28-17)15-32-23-12-6-3-9-19(23)27(31)33-16-26(30)29-21-10-4-7-13-24(21)35-25-14-8-5-11-22(25)29/h3-14H,15-16H2,1-2H3. The maximum absolute atomic E-state index is 13.3. The Hall–Kier alpha value is -4.04. The lowest BCUT2D eigenvalue weighted by molar-refractivity contribution is -0.121. The Morgan fingerprint density at radius 1 is 0.914 bits per heavy atom. The molecule has 5 rings (SSSR count). The summed E-state index contributed by atoms with van der Waals surface area (Å²) < 4.78 is 16.5. The number of fused-ring (bicyclic) bond motifs is 2. The highest BCUT2D eigenvalue weighted by atomic mass is 32.2. The molecule has 0 aliphatic carbocycles. The van der Waals surface area contributed by atoms with Crippen LogP contribution in [0.3, 0.4) is 0 Å². The van der Waals surface area contributed by atoms with Gasteiger partial charge in [-0.3, -0.25) is 9.69 Å². The third kappa shape index (κ3) is 4.52. The van der Waals surface area contributed by atoms with Crippen molar-refractivity contribution in [3.05, 3.63) is 95.4 Å². The third-order valence-corrected chi connectivity index (χ3v) is 6.80. The lowest BCUT2D eigenvalue weighted by Crippen LogP contribution is -2.32. The SMILES string of the molecule is Cc1noc(C)c1COc1ccccc1C(=O)OCC(=O)N1c2ccccc2Sc2ccccc21. The Labute approximate surface area is 206 Å². The van der Waals surface area contributed by atoms with Crippen LogP contribution in [-0.4, -0.2) is 23.6 Å². The van der Waals surface area contributed by atoms with Crippen LogP contribution >= 0.6 is 11.8 Å². The molecule has 0 bridgehead atoms. The number of ether oxygens (including phenoxy) is 2. The molecule has 0 saturated heterocycles. The van der Waals surface area contributed by atoms with Gasteiger partial charge in [0.25, 0.3) is 5.91 Å². The molecule has 2 heterocycles. The summed E-state index contributed by atoms with van der Waals surface area (Å²) in [5.41, 5.74) is 3.32. The number of para-hydroxylation sites is 3. The summed E-state index contributed by atoms with van der Waals surface area (Å²) in [5, 5.41) is 3.92. The maximum Gasteiger partial charge on any atom is 0.342 e. The van der Waals surface area contributed by atoms with Gasteiger partial charge in [-0.1, -0.05) is 53.3 Å². The number of esters is 1. The largest absolute Gasteiger partial charge is 0.488 e. The minimum atomic E-state index is -0.638. The predicted molar refractivity (Wildman–Crippen MR) is 131 cm³/mol. The van der Waals surface area contributed by atoms with E-state index in [0.29, 0.717) is 11.5 Å². The van der Waals surface area contributed by atoms with Crippen LogP contribution in [0, 0.1) is 13.8 Å². The normalized spacial score (nSPS) is 12.0. The molecule has 4 aromatic rings. The molecule has 1 aliphatic heterocycles. The Kier molecular flexibility index (Phi) is 6.29. The van der Waals surface area contributed by atoms with Crippen LogP contribution in [-0.2, 0) is 16.1 Å². The monoisotopic (exact) mass is 486 g/mol. The van der Waals surface area contributed by atoms with Crippen LogP contribution in [0.5, 0.6) is 5.75 Å². The predicted octanol–water partition coefficient (Wildman–Crippen LogP) is 5.86. The van der Waals surface area contributed by atoms with E-state index < -0.39 is 12.6 Å². The van der Waals surface area contributed by atoms with E-state index >= 15 is 0 Å². The van der Waals surface area contributed by atoms with E-state index in [1.54, 1.807) is 47.9 Å². The fraction of sp³-hybridized carbons (Fsp3) is 0.148. The Balaban J connectivity index is 1.32. The van der Waals surface area contributed by atoms with Gasteiger partial charge in [-0.25, -0.2) is 4.79 Å². The molecule has 7 nitrogen and oxygen atoms in total. The zero-order chi connectivity index (χ0) is 24.4. The summed E-state index contributed by atoms with van der Waals surface area (Å²) in [5.74, 6) is 0.0387. The van der Waals surface area contributed by atoms with E-state index in [0.717, 1.165) is 32.4 Å². The van der Waals surface area contributed by atoms with Crippen molar-refractivity contribution < 1.29 is 23.6 Å². The second-order valence-electron chi connectivity index (χ2n) is 7.93. The lowest BCUT2D eigenvalue weighted by Gasteiger charge is -2.30. The van der Waals surface area contributed by atoms with Gasteiger partial charge in [0.1, 0.15) is 23.7 Å². The number of hydrogen-bond donors (Lipinski definition) is 0. The van der Waals surface area contributed by atoms with Gasteiger partial charge in [0.15, 0.2) is 6.61 Å². The molecule has 1 amide bonds. The van der Waals surface area contributed by atoms with Crippen molar-refractivity contribution in [2.24, 2.45) is 0 Å². The van der Waals surface area contributed by atoms with Crippen LogP contribution in [0.2, 0.25) is 0 Å². The maximum atomic E-state index is 13.3. The van der Waals surface area contributed by atoms with Crippen LogP contribution in [0.25, 0.3) is 0 Å². The molecule has 0 saturated carbocycles. The van der Waals surface area contributed by atoms with E-state index in [1.165, 1.54) is 0 Å². The van der Waals surface area contributed by atoms with Crippen LogP contribution in [0.15, 0.2) is 87.1 Å². The zero-order valence-electron chi connectivity index (χ0n) is 19.2. The van der Waals surface area contributed by atoms with Gasteiger partial charge < -0.3 is 14.0 Å². The minimum absolute atomic E-state index is 0.198. The highest BCUT2D eigenvalue weighted by Crippen LogP contribution is 2.47. The van der Waals surface area contributed by atoms with Crippen molar-refractivity contribution in [3.8, 4) is 5.75 Å². The topological polar surface area (TPSA) is 81.9 Å². The second kappa shape index (κ2) is 9.68. The minimum Gasteiger partial charge on any atom is -0.488 e. The first kappa shape index (κ1) is 22.7. The number of amides is 1. The molecule has 0 unspecified atom stereocenters. The van der Waals surface area contributed by atoms with E-state index in [2.05, 4.69) is 5.16 Å². The van der Waals surface area contributed by atoms with E-state index in [9.17, 15) is 9.59 Å². The Morgan fingerprint density at radius 2 is 1.54 bits per heavy atom. The third-order valence-electron chi connectivity index (χ3n) is 5.67. The average Bonchev–Trinajstić information content (AvgIpc) is 3.21. The van der Waals surface area contributed by atoms with E-state index in [-0.39, 0.29) is 18.1 Å². The summed E-state index contributed by atoms with van der Waals surface area (Å²) in [6.45, 7) is 3.42. The summed E-state index contributed by atoms with van der Waals surface area (Å²) in [7, 11) is 0. The Morgan fingerprint density at radius 3 is 2.20 bits per heavy atom. The highest BCUT2D eigenvalue weighted by Gasteiger charge is 2.29. The van der Waals surface area contributed by atoms with Crippen molar-refractivity contribution >= 4 is 35.0 Å². The van der Waals surface area contributed by atoms with Gasteiger partial charge in [0, 0.05) is 9.79 Å². The molecule has 0 N–H and O–H groups in total. The second-order valence-corrected chi connectivity index (χ2v) is 9.01. The summed E-state index contributed by atoms with van der Waals surface area (Å²) >= 11 is 1.60. The number of carbonyl (C=O) groups is 2. The van der Waals surface area contributed by atoms with Crippen molar-refractivity contribution in [1.82, 2.24) is 5.16 Å². The molecule has 0 fully saturated rings. The molecule has 35 heavy (non-hydrogen) atoms. The van der Waals surface area contributed by atoms with Gasteiger partial charge in [0.2, 0.25) is 0 Å². The van der Waals surface area contributed by atoms with Crippen molar-refractivity contribution in [3.63, 3.8) is 0 Å². The van der Waals surface area contributed by atoms with Crippen LogP contribution in [0.1, 0.15) is 27.4 Å². The lowest BCUT2D eigenvalue weighted by atomic mass is 10.2. The van der Waals surface area contributed by atoms with Gasteiger partial charge in [-0.05, 0) is 50.2 Å². The van der Waals surface area contributed by atoms with Crippen LogP contribution < -0.4 is 9.64 Å². The van der Waals surface area contributed by atoms with Gasteiger partial charge in [0.05, 0.1) is 22.6 Å². The molecular formula is C27H22N2O5S. The first-order chi connectivity index (χ1) is 17.0. The Bertz CT molecular complexity index is 1350. The number of aryl methyl sites for hydroxylation is 2. The summed E-state index contributed by atoms with van der Waals surface area (Å²) in [6, 6.07) is 22.1. The van der Waals surface area contributed by atoms with Gasteiger partial charge in [-0.2, -0.15) is 0 Å². The number of benzene rings is 3. The molecule has 1 aromatic heterocycles. The number of carbonyl (C=O) groups excluding carboxylic acids is 2. The average molecular weight is 487 g/mol. The highest BCUT2D eigenvalue weighted by molar-refractivity contribution is 7.99. The molecule has 176 valence electrons. The first-order valence-corrected chi connectivity index (χ1v) is 11.8. The van der Waals surface area contributed by atoms with Crippen molar-refractivity contribution in [2.75, 3.05) is 11.5 Å². The van der Waals surface area contributed by atoms with E-state index in [4.69, 9.17) is 14.0 Å². The quantitative estimate of drug-likeness (QED) is 0.316. The zero-order valence-corrected chi connectivity index (χ0v) is 20.0. The first-order valence-electron chi connectivity index (χ1n) is 11.0. The fourth-order valence-corrected chi connectivity index (χ4v) is 4.92. The number of nitrogens with zero attached hydrogens (tertiary/aromatic N) is 2. The summed E-state index contributed by atoms with van der Waals surface area (Å²) in [4.78, 5) is 29.8. The molecule has 3 aromatic carbocycles. The number of rotatable bonds is 6. The number of hydrogen-bond acceptors (Lipinski definition) is 7. The van der Waals surface area contributed by atoms with Crippen molar-refractivity contribution in [1.29, 1.82) is 0 Å². The smallest absolute Gasteiger partial charge is 0.342 e. The van der Waals surface area contributed by atoms with Crippen LogP contribution in [0.4, 0.5) is 11.4 Å². The molecule has 0 spiro atoms. The molecular weight excluding hydrogens is 464 g/mol. The van der Waals surface area contributed by atoms with Gasteiger partial charge in [-0.15, -0.1) is 0 Å².